The molecule has 0 saturated carbocycles. The molecule has 2 aliphatic rings. The third kappa shape index (κ3) is 3.10. The van der Waals surface area contributed by atoms with Crippen molar-refractivity contribution in [3.05, 3.63) is 47.5 Å². The van der Waals surface area contributed by atoms with Crippen molar-refractivity contribution in [2.75, 3.05) is 32.8 Å². The van der Waals surface area contributed by atoms with E-state index in [1.54, 1.807) is 0 Å². The normalized spacial score (nSPS) is 15.8. The van der Waals surface area contributed by atoms with Gasteiger partial charge in [-0.2, -0.15) is 0 Å². The fourth-order valence-electron chi connectivity index (χ4n) is 3.95. The number of nitrogens with zero attached hydrogens (tertiary/aromatic N) is 1. The predicted octanol–water partition coefficient (Wildman–Crippen LogP) is 4.16. The number of ether oxygens (including phenoxy) is 2. The first-order valence-electron chi connectivity index (χ1n) is 9.58. The van der Waals surface area contributed by atoms with E-state index in [1.807, 2.05) is 43.3 Å². The van der Waals surface area contributed by atoms with Crippen LogP contribution in [0, 0.1) is 0 Å². The van der Waals surface area contributed by atoms with Crippen LogP contribution in [0.2, 0.25) is 0 Å². The lowest BCUT2D eigenvalue weighted by atomic mass is 10.0. The quantitative estimate of drug-likeness (QED) is 0.599. The minimum absolute atomic E-state index is 0.0340. The number of carbonyl (C=O) groups excluding carboxylic acids is 1. The second kappa shape index (κ2) is 7.50. The zero-order chi connectivity index (χ0) is 17.9. The van der Waals surface area contributed by atoms with Gasteiger partial charge in [0.05, 0.1) is 18.8 Å². The standard InChI is InChI=1S/C22H25NO3/c1-2-25-19-11-10-17-16-8-3-4-9-18(16)21(24)20(17)22(19)26-15-7-14-23-12-5-6-13-23/h3-4,8-11H,2,5-7,12-15H2,1H3. The van der Waals surface area contributed by atoms with E-state index in [-0.39, 0.29) is 5.78 Å². The Balaban J connectivity index is 1.57. The summed E-state index contributed by atoms with van der Waals surface area (Å²) < 4.78 is 11.9. The van der Waals surface area contributed by atoms with Crippen LogP contribution in [0.3, 0.4) is 0 Å². The van der Waals surface area contributed by atoms with Gasteiger partial charge in [-0.3, -0.25) is 4.79 Å². The van der Waals surface area contributed by atoms with Crippen molar-refractivity contribution in [1.82, 2.24) is 4.90 Å². The molecular weight excluding hydrogens is 326 g/mol. The SMILES string of the molecule is CCOc1ccc2c(c1OCCCN1CCCC1)C(=O)c1ccccc1-2. The highest BCUT2D eigenvalue weighted by atomic mass is 16.5. The largest absolute Gasteiger partial charge is 0.490 e. The molecule has 1 saturated heterocycles. The van der Waals surface area contributed by atoms with E-state index in [0.29, 0.717) is 30.3 Å². The Morgan fingerprint density at radius 1 is 0.962 bits per heavy atom. The lowest BCUT2D eigenvalue weighted by molar-refractivity contribution is 0.103. The molecule has 2 aromatic rings. The zero-order valence-electron chi connectivity index (χ0n) is 15.3. The fraction of sp³-hybridized carbons (Fsp3) is 0.409. The molecule has 0 aromatic heterocycles. The molecule has 4 nitrogen and oxygen atoms in total. The highest BCUT2D eigenvalue weighted by Crippen LogP contribution is 2.45. The topological polar surface area (TPSA) is 38.8 Å². The molecule has 0 radical (unpaired) electrons. The van der Waals surface area contributed by atoms with Gasteiger partial charge in [0.1, 0.15) is 0 Å². The summed E-state index contributed by atoms with van der Waals surface area (Å²) in [5.74, 6) is 1.30. The first kappa shape index (κ1) is 17.1. The highest BCUT2D eigenvalue weighted by Gasteiger charge is 2.31. The van der Waals surface area contributed by atoms with Crippen LogP contribution in [0.15, 0.2) is 36.4 Å². The first-order chi connectivity index (χ1) is 12.8. The second-order valence-electron chi connectivity index (χ2n) is 6.87. The van der Waals surface area contributed by atoms with E-state index in [1.165, 1.54) is 25.9 Å². The monoisotopic (exact) mass is 351 g/mol. The van der Waals surface area contributed by atoms with E-state index >= 15 is 0 Å². The molecule has 2 aromatic carbocycles. The van der Waals surface area contributed by atoms with Crippen molar-refractivity contribution in [3.63, 3.8) is 0 Å². The van der Waals surface area contributed by atoms with Gasteiger partial charge in [0.25, 0.3) is 0 Å². The lowest BCUT2D eigenvalue weighted by Crippen LogP contribution is -2.22. The summed E-state index contributed by atoms with van der Waals surface area (Å²) >= 11 is 0. The molecule has 1 fully saturated rings. The molecule has 1 aliphatic heterocycles. The van der Waals surface area contributed by atoms with E-state index < -0.39 is 0 Å². The van der Waals surface area contributed by atoms with Gasteiger partial charge >= 0.3 is 0 Å². The van der Waals surface area contributed by atoms with Crippen molar-refractivity contribution in [2.24, 2.45) is 0 Å². The van der Waals surface area contributed by atoms with Gasteiger partial charge in [0.2, 0.25) is 0 Å². The molecule has 4 rings (SSSR count). The van der Waals surface area contributed by atoms with Crippen LogP contribution in [0.5, 0.6) is 11.5 Å². The molecule has 1 aliphatic carbocycles. The highest BCUT2D eigenvalue weighted by molar-refractivity contribution is 6.23. The van der Waals surface area contributed by atoms with Crippen molar-refractivity contribution < 1.29 is 14.3 Å². The lowest BCUT2D eigenvalue weighted by Gasteiger charge is -2.17. The molecular formula is C22H25NO3. The van der Waals surface area contributed by atoms with Crippen LogP contribution >= 0.6 is 0 Å². The van der Waals surface area contributed by atoms with Gasteiger partial charge in [-0.05, 0) is 62.5 Å². The minimum atomic E-state index is 0.0340. The number of hydrogen-bond donors (Lipinski definition) is 0. The summed E-state index contributed by atoms with van der Waals surface area (Å²) in [6, 6.07) is 11.7. The number of rotatable bonds is 7. The van der Waals surface area contributed by atoms with Crippen molar-refractivity contribution >= 4 is 5.78 Å². The molecule has 0 bridgehead atoms. The molecule has 4 heteroatoms. The average Bonchev–Trinajstić information content (AvgIpc) is 3.28. The summed E-state index contributed by atoms with van der Waals surface area (Å²) in [7, 11) is 0. The average molecular weight is 351 g/mol. The Bertz CT molecular complexity index is 809. The Morgan fingerprint density at radius 2 is 1.73 bits per heavy atom. The smallest absolute Gasteiger partial charge is 0.198 e. The van der Waals surface area contributed by atoms with Gasteiger partial charge in [0.15, 0.2) is 17.3 Å². The van der Waals surface area contributed by atoms with Crippen LogP contribution in [-0.2, 0) is 0 Å². The molecule has 0 spiro atoms. The van der Waals surface area contributed by atoms with E-state index in [4.69, 9.17) is 9.47 Å². The van der Waals surface area contributed by atoms with E-state index in [0.717, 1.165) is 29.7 Å². The maximum atomic E-state index is 13.0. The second-order valence-corrected chi connectivity index (χ2v) is 6.87. The van der Waals surface area contributed by atoms with Crippen molar-refractivity contribution in [1.29, 1.82) is 0 Å². The summed E-state index contributed by atoms with van der Waals surface area (Å²) in [6.07, 6.45) is 3.55. The van der Waals surface area contributed by atoms with Gasteiger partial charge < -0.3 is 14.4 Å². The first-order valence-corrected chi connectivity index (χ1v) is 9.58. The van der Waals surface area contributed by atoms with Crippen LogP contribution in [-0.4, -0.2) is 43.5 Å². The molecule has 136 valence electrons. The summed E-state index contributed by atoms with van der Waals surface area (Å²) in [6.45, 7) is 6.52. The Hall–Kier alpha value is -2.33. The molecule has 0 N–H and O–H groups in total. The maximum Gasteiger partial charge on any atom is 0.198 e. The Labute approximate surface area is 154 Å². The fourth-order valence-corrected chi connectivity index (χ4v) is 3.95. The predicted molar refractivity (Wildman–Crippen MR) is 102 cm³/mol. The van der Waals surface area contributed by atoms with Gasteiger partial charge in [-0.1, -0.05) is 24.3 Å². The van der Waals surface area contributed by atoms with E-state index in [9.17, 15) is 4.79 Å². The number of likely N-dealkylation sites (tertiary alicyclic amines) is 1. The maximum absolute atomic E-state index is 13.0. The number of benzene rings is 2. The van der Waals surface area contributed by atoms with Gasteiger partial charge in [-0.25, -0.2) is 0 Å². The van der Waals surface area contributed by atoms with Crippen LogP contribution in [0.4, 0.5) is 0 Å². The van der Waals surface area contributed by atoms with Gasteiger partial charge in [0, 0.05) is 12.1 Å². The Kier molecular flexibility index (Phi) is 4.93. The van der Waals surface area contributed by atoms with Gasteiger partial charge in [-0.15, -0.1) is 0 Å². The van der Waals surface area contributed by atoms with Crippen molar-refractivity contribution in [2.45, 2.75) is 26.2 Å². The third-order valence-electron chi connectivity index (χ3n) is 5.17. The third-order valence-corrected chi connectivity index (χ3v) is 5.17. The number of carbonyl (C=O) groups is 1. The molecule has 26 heavy (non-hydrogen) atoms. The zero-order valence-corrected chi connectivity index (χ0v) is 15.3. The van der Waals surface area contributed by atoms with Crippen LogP contribution < -0.4 is 9.47 Å². The summed E-state index contributed by atoms with van der Waals surface area (Å²) in [4.78, 5) is 15.4. The summed E-state index contributed by atoms with van der Waals surface area (Å²) in [5, 5.41) is 0. The molecule has 1 heterocycles. The van der Waals surface area contributed by atoms with Crippen LogP contribution in [0.1, 0.15) is 42.1 Å². The minimum Gasteiger partial charge on any atom is -0.490 e. The Morgan fingerprint density at radius 3 is 2.50 bits per heavy atom. The summed E-state index contributed by atoms with van der Waals surface area (Å²) in [5.41, 5.74) is 3.33. The molecule has 0 amide bonds. The molecule has 0 unspecified atom stereocenters. The van der Waals surface area contributed by atoms with Crippen molar-refractivity contribution in [3.8, 4) is 22.6 Å². The van der Waals surface area contributed by atoms with Crippen LogP contribution in [0.25, 0.3) is 11.1 Å². The number of ketones is 1. The molecule has 0 atom stereocenters. The van der Waals surface area contributed by atoms with E-state index in [2.05, 4.69) is 4.90 Å². The number of hydrogen-bond acceptors (Lipinski definition) is 4. The number of fused-ring (bicyclic) bond motifs is 3.